The number of hydrogen-bond donors (Lipinski definition) is 0. The Hall–Kier alpha value is -1.74. The molecule has 1 aliphatic rings. The first-order valence-corrected chi connectivity index (χ1v) is 6.59. The third kappa shape index (κ3) is 2.66. The molecular formula is C15H14ClNO2. The van der Waals surface area contributed by atoms with Gasteiger partial charge in [-0.25, -0.2) is 4.98 Å². The van der Waals surface area contributed by atoms with Crippen LogP contribution in [-0.2, 0) is 6.42 Å². The first-order chi connectivity index (χ1) is 9.22. The molecule has 0 amide bonds. The number of aryl methyl sites for hydroxylation is 1. The van der Waals surface area contributed by atoms with Gasteiger partial charge in [-0.05, 0) is 30.7 Å². The van der Waals surface area contributed by atoms with Gasteiger partial charge in [0, 0.05) is 12.6 Å². The SMILES string of the molecule is Cc1ccc2c(c1)CC(COc1cccnc1Cl)O2. The molecule has 0 aliphatic carbocycles. The summed E-state index contributed by atoms with van der Waals surface area (Å²) in [6, 6.07) is 9.84. The molecule has 1 aliphatic heterocycles. The molecule has 0 radical (unpaired) electrons. The van der Waals surface area contributed by atoms with Crippen LogP contribution in [0.5, 0.6) is 11.5 Å². The van der Waals surface area contributed by atoms with Gasteiger partial charge in [0.25, 0.3) is 0 Å². The van der Waals surface area contributed by atoms with Gasteiger partial charge in [-0.15, -0.1) is 0 Å². The van der Waals surface area contributed by atoms with Crippen molar-refractivity contribution in [1.29, 1.82) is 0 Å². The van der Waals surface area contributed by atoms with Crippen LogP contribution in [-0.4, -0.2) is 17.7 Å². The van der Waals surface area contributed by atoms with Crippen LogP contribution in [0.3, 0.4) is 0 Å². The molecule has 3 nitrogen and oxygen atoms in total. The summed E-state index contributed by atoms with van der Waals surface area (Å²) in [6.45, 7) is 2.55. The van der Waals surface area contributed by atoms with Crippen molar-refractivity contribution in [2.24, 2.45) is 0 Å². The van der Waals surface area contributed by atoms with Crippen molar-refractivity contribution in [1.82, 2.24) is 4.98 Å². The fourth-order valence-electron chi connectivity index (χ4n) is 2.20. The summed E-state index contributed by atoms with van der Waals surface area (Å²) >= 11 is 5.94. The van der Waals surface area contributed by atoms with E-state index < -0.39 is 0 Å². The van der Waals surface area contributed by atoms with Gasteiger partial charge in [-0.3, -0.25) is 0 Å². The van der Waals surface area contributed by atoms with Gasteiger partial charge in [-0.1, -0.05) is 29.3 Å². The van der Waals surface area contributed by atoms with E-state index in [-0.39, 0.29) is 6.10 Å². The molecule has 1 aromatic heterocycles. The van der Waals surface area contributed by atoms with Crippen molar-refractivity contribution >= 4 is 11.6 Å². The Balaban J connectivity index is 1.63. The molecule has 0 fully saturated rings. The monoisotopic (exact) mass is 275 g/mol. The predicted molar refractivity (Wildman–Crippen MR) is 74.0 cm³/mol. The summed E-state index contributed by atoms with van der Waals surface area (Å²) in [5.74, 6) is 1.55. The van der Waals surface area contributed by atoms with Crippen molar-refractivity contribution in [2.75, 3.05) is 6.61 Å². The van der Waals surface area contributed by atoms with Crippen LogP contribution in [0.1, 0.15) is 11.1 Å². The smallest absolute Gasteiger partial charge is 0.171 e. The molecule has 3 rings (SSSR count). The minimum atomic E-state index is 0.0353. The lowest BCUT2D eigenvalue weighted by Crippen LogP contribution is -2.22. The van der Waals surface area contributed by atoms with E-state index in [0.29, 0.717) is 17.5 Å². The maximum absolute atomic E-state index is 5.94. The van der Waals surface area contributed by atoms with Crippen LogP contribution in [0.15, 0.2) is 36.5 Å². The van der Waals surface area contributed by atoms with Crippen LogP contribution in [0.2, 0.25) is 5.15 Å². The van der Waals surface area contributed by atoms with E-state index in [4.69, 9.17) is 21.1 Å². The Bertz CT molecular complexity index is 600. The van der Waals surface area contributed by atoms with Crippen molar-refractivity contribution in [3.63, 3.8) is 0 Å². The molecule has 4 heteroatoms. The Morgan fingerprint density at radius 2 is 2.32 bits per heavy atom. The van der Waals surface area contributed by atoms with Crippen LogP contribution in [0.25, 0.3) is 0 Å². The summed E-state index contributed by atoms with van der Waals surface area (Å²) in [4.78, 5) is 3.98. The molecule has 98 valence electrons. The van der Waals surface area contributed by atoms with Crippen molar-refractivity contribution in [2.45, 2.75) is 19.4 Å². The van der Waals surface area contributed by atoms with Gasteiger partial charge < -0.3 is 9.47 Å². The Labute approximate surface area is 117 Å². The van der Waals surface area contributed by atoms with Gasteiger partial charge >= 0.3 is 0 Å². The number of hydrogen-bond acceptors (Lipinski definition) is 3. The second-order valence-electron chi connectivity index (χ2n) is 4.66. The highest BCUT2D eigenvalue weighted by Crippen LogP contribution is 2.30. The molecule has 0 saturated carbocycles. The topological polar surface area (TPSA) is 31.4 Å². The Kier molecular flexibility index (Phi) is 3.30. The van der Waals surface area contributed by atoms with E-state index in [1.54, 1.807) is 12.3 Å². The van der Waals surface area contributed by atoms with Crippen molar-refractivity contribution < 1.29 is 9.47 Å². The highest BCUT2D eigenvalue weighted by atomic mass is 35.5. The lowest BCUT2D eigenvalue weighted by Gasteiger charge is -2.12. The number of rotatable bonds is 3. The lowest BCUT2D eigenvalue weighted by atomic mass is 10.1. The van der Waals surface area contributed by atoms with Crippen molar-refractivity contribution in [3.8, 4) is 11.5 Å². The maximum atomic E-state index is 5.94. The second kappa shape index (κ2) is 5.10. The molecule has 0 bridgehead atoms. The Morgan fingerprint density at radius 1 is 1.42 bits per heavy atom. The lowest BCUT2D eigenvalue weighted by molar-refractivity contribution is 0.148. The van der Waals surface area contributed by atoms with Crippen LogP contribution in [0.4, 0.5) is 0 Å². The summed E-state index contributed by atoms with van der Waals surface area (Å²) in [5.41, 5.74) is 2.49. The number of aromatic nitrogens is 1. The zero-order chi connectivity index (χ0) is 13.2. The zero-order valence-electron chi connectivity index (χ0n) is 10.6. The summed E-state index contributed by atoms with van der Waals surface area (Å²) < 4.78 is 11.5. The second-order valence-corrected chi connectivity index (χ2v) is 5.02. The van der Waals surface area contributed by atoms with Crippen LogP contribution < -0.4 is 9.47 Å². The van der Waals surface area contributed by atoms with Gasteiger partial charge in [0.2, 0.25) is 0 Å². The van der Waals surface area contributed by atoms with Crippen molar-refractivity contribution in [3.05, 3.63) is 52.8 Å². The first-order valence-electron chi connectivity index (χ1n) is 6.22. The molecule has 2 heterocycles. The fourth-order valence-corrected chi connectivity index (χ4v) is 2.38. The fraction of sp³-hybridized carbons (Fsp3) is 0.267. The largest absolute Gasteiger partial charge is 0.486 e. The number of halogens is 1. The quantitative estimate of drug-likeness (QED) is 0.804. The number of nitrogens with zero attached hydrogens (tertiary/aromatic N) is 1. The van der Waals surface area contributed by atoms with E-state index in [1.807, 2.05) is 12.1 Å². The minimum absolute atomic E-state index is 0.0353. The van der Waals surface area contributed by atoms with Gasteiger partial charge in [0.15, 0.2) is 10.9 Å². The molecule has 0 saturated heterocycles. The van der Waals surface area contributed by atoms with Crippen LogP contribution >= 0.6 is 11.6 Å². The molecule has 1 aromatic carbocycles. The molecule has 0 spiro atoms. The average molecular weight is 276 g/mol. The molecule has 1 atom stereocenters. The van der Waals surface area contributed by atoms with Gasteiger partial charge in [0.1, 0.15) is 18.5 Å². The molecule has 2 aromatic rings. The molecular weight excluding hydrogens is 262 g/mol. The highest BCUT2D eigenvalue weighted by Gasteiger charge is 2.23. The summed E-state index contributed by atoms with van der Waals surface area (Å²) in [5, 5.41) is 0.383. The van der Waals surface area contributed by atoms with E-state index >= 15 is 0 Å². The van der Waals surface area contributed by atoms with E-state index in [2.05, 4.69) is 24.0 Å². The Morgan fingerprint density at radius 3 is 3.16 bits per heavy atom. The predicted octanol–water partition coefficient (Wildman–Crippen LogP) is 3.43. The molecule has 1 unspecified atom stereocenters. The minimum Gasteiger partial charge on any atom is -0.486 e. The third-order valence-electron chi connectivity index (χ3n) is 3.11. The van der Waals surface area contributed by atoms with Crippen LogP contribution in [0, 0.1) is 6.92 Å². The molecule has 0 N–H and O–H groups in total. The average Bonchev–Trinajstić information content (AvgIpc) is 2.79. The van der Waals surface area contributed by atoms with E-state index in [1.165, 1.54) is 11.1 Å². The third-order valence-corrected chi connectivity index (χ3v) is 3.39. The summed E-state index contributed by atoms with van der Waals surface area (Å²) in [6.07, 6.45) is 2.54. The van der Waals surface area contributed by atoms with Gasteiger partial charge in [0.05, 0.1) is 0 Å². The number of ether oxygens (including phenoxy) is 2. The highest BCUT2D eigenvalue weighted by molar-refractivity contribution is 6.30. The normalized spacial score (nSPS) is 16.8. The number of benzene rings is 1. The number of pyridine rings is 1. The van der Waals surface area contributed by atoms with Gasteiger partial charge in [-0.2, -0.15) is 0 Å². The van der Waals surface area contributed by atoms with E-state index in [0.717, 1.165) is 12.2 Å². The number of fused-ring (bicyclic) bond motifs is 1. The first kappa shape index (κ1) is 12.3. The van der Waals surface area contributed by atoms with E-state index in [9.17, 15) is 0 Å². The summed E-state index contributed by atoms with van der Waals surface area (Å²) in [7, 11) is 0. The zero-order valence-corrected chi connectivity index (χ0v) is 11.4. The molecule has 19 heavy (non-hydrogen) atoms. The standard InChI is InChI=1S/C15H14ClNO2/c1-10-4-5-13-11(7-10)8-12(19-13)9-18-14-3-2-6-17-15(14)16/h2-7,12H,8-9H2,1H3. The maximum Gasteiger partial charge on any atom is 0.171 e.